The zero-order valence-corrected chi connectivity index (χ0v) is 8.99. The van der Waals surface area contributed by atoms with Gasteiger partial charge < -0.3 is 16.0 Å². The van der Waals surface area contributed by atoms with Gasteiger partial charge in [-0.1, -0.05) is 18.2 Å². The monoisotopic (exact) mass is 217 g/mol. The van der Waals surface area contributed by atoms with Crippen molar-refractivity contribution in [1.82, 2.24) is 10.3 Å². The summed E-state index contributed by atoms with van der Waals surface area (Å²) >= 11 is 0. The normalized spacial score (nSPS) is 10.6. The molecule has 4 nitrogen and oxygen atoms in total. The minimum absolute atomic E-state index is 0.0501. The molecule has 1 heterocycles. The fourth-order valence-electron chi connectivity index (χ4n) is 1.66. The molecule has 84 valence electrons. The van der Waals surface area contributed by atoms with Crippen molar-refractivity contribution in [1.29, 1.82) is 0 Å². The Hall–Kier alpha value is -1.81. The summed E-state index contributed by atoms with van der Waals surface area (Å²) < 4.78 is 0. The zero-order valence-electron chi connectivity index (χ0n) is 8.99. The summed E-state index contributed by atoms with van der Waals surface area (Å²) in [6.07, 6.45) is 2.54. The molecule has 0 aliphatic heterocycles. The number of amides is 1. The van der Waals surface area contributed by atoms with Gasteiger partial charge >= 0.3 is 0 Å². The summed E-state index contributed by atoms with van der Waals surface area (Å²) in [4.78, 5) is 14.9. The lowest BCUT2D eigenvalue weighted by molar-refractivity contribution is 0.0955. The fourth-order valence-corrected chi connectivity index (χ4v) is 1.66. The number of fused-ring (bicyclic) bond motifs is 1. The molecule has 0 radical (unpaired) electrons. The van der Waals surface area contributed by atoms with E-state index in [2.05, 4.69) is 10.3 Å². The van der Waals surface area contributed by atoms with Crippen molar-refractivity contribution in [3.63, 3.8) is 0 Å². The first-order valence-electron chi connectivity index (χ1n) is 5.37. The second-order valence-corrected chi connectivity index (χ2v) is 3.65. The van der Waals surface area contributed by atoms with Crippen LogP contribution in [0.4, 0.5) is 0 Å². The number of carbonyl (C=O) groups excluding carboxylic acids is 1. The lowest BCUT2D eigenvalue weighted by atomic mass is 10.1. The topological polar surface area (TPSA) is 70.9 Å². The number of nitrogens with two attached hydrogens (primary N) is 1. The van der Waals surface area contributed by atoms with Gasteiger partial charge in [0.05, 0.1) is 5.56 Å². The fraction of sp³-hybridized carbons (Fsp3) is 0.250. The van der Waals surface area contributed by atoms with Crippen molar-refractivity contribution in [3.05, 3.63) is 36.0 Å². The number of H-pyrrole nitrogens is 1. The maximum Gasteiger partial charge on any atom is 0.253 e. The molecule has 0 bridgehead atoms. The average Bonchev–Trinajstić information content (AvgIpc) is 2.73. The molecule has 0 unspecified atom stereocenters. The molecule has 2 aromatic rings. The Balaban J connectivity index is 2.17. The van der Waals surface area contributed by atoms with Gasteiger partial charge in [0.15, 0.2) is 0 Å². The van der Waals surface area contributed by atoms with Gasteiger partial charge in [-0.3, -0.25) is 4.79 Å². The Morgan fingerprint density at radius 1 is 1.38 bits per heavy atom. The predicted octanol–water partition coefficient (Wildman–Crippen LogP) is 1.25. The number of rotatable bonds is 4. The van der Waals surface area contributed by atoms with Crippen molar-refractivity contribution in [2.24, 2.45) is 5.73 Å². The molecule has 1 amide bonds. The van der Waals surface area contributed by atoms with E-state index in [1.54, 1.807) is 6.20 Å². The lowest BCUT2D eigenvalue weighted by Gasteiger charge is -2.02. The molecule has 0 fully saturated rings. The van der Waals surface area contributed by atoms with Crippen LogP contribution < -0.4 is 11.1 Å². The minimum Gasteiger partial charge on any atom is -0.360 e. The van der Waals surface area contributed by atoms with Crippen LogP contribution in [0.15, 0.2) is 30.5 Å². The maximum absolute atomic E-state index is 11.8. The second kappa shape index (κ2) is 4.81. The quantitative estimate of drug-likeness (QED) is 0.674. The van der Waals surface area contributed by atoms with Gasteiger partial charge in [0.2, 0.25) is 0 Å². The highest BCUT2D eigenvalue weighted by molar-refractivity contribution is 6.06. The molecule has 1 aromatic carbocycles. The van der Waals surface area contributed by atoms with Crippen LogP contribution in [0.25, 0.3) is 10.9 Å². The van der Waals surface area contributed by atoms with Crippen molar-refractivity contribution in [3.8, 4) is 0 Å². The zero-order chi connectivity index (χ0) is 11.4. The molecule has 2 rings (SSSR count). The summed E-state index contributed by atoms with van der Waals surface area (Å²) in [5.41, 5.74) is 7.03. The van der Waals surface area contributed by atoms with E-state index in [1.165, 1.54) is 0 Å². The average molecular weight is 217 g/mol. The van der Waals surface area contributed by atoms with Gasteiger partial charge in [0, 0.05) is 23.6 Å². The van der Waals surface area contributed by atoms with Gasteiger partial charge in [-0.15, -0.1) is 0 Å². The molecular formula is C12H15N3O. The molecule has 4 N–H and O–H groups in total. The van der Waals surface area contributed by atoms with E-state index >= 15 is 0 Å². The first-order valence-corrected chi connectivity index (χ1v) is 5.37. The number of carbonyl (C=O) groups is 1. The highest BCUT2D eigenvalue weighted by Gasteiger charge is 2.10. The van der Waals surface area contributed by atoms with E-state index in [1.807, 2.05) is 24.3 Å². The summed E-state index contributed by atoms with van der Waals surface area (Å²) in [5.74, 6) is -0.0501. The molecule has 1 aromatic heterocycles. The van der Waals surface area contributed by atoms with E-state index in [0.29, 0.717) is 18.7 Å². The summed E-state index contributed by atoms with van der Waals surface area (Å²) in [7, 11) is 0. The van der Waals surface area contributed by atoms with Crippen LogP contribution in [-0.2, 0) is 0 Å². The highest BCUT2D eigenvalue weighted by atomic mass is 16.1. The van der Waals surface area contributed by atoms with Crippen molar-refractivity contribution >= 4 is 16.8 Å². The summed E-state index contributed by atoms with van der Waals surface area (Å²) in [6.45, 7) is 1.21. The van der Waals surface area contributed by atoms with Crippen molar-refractivity contribution in [2.75, 3.05) is 13.1 Å². The van der Waals surface area contributed by atoms with Gasteiger partial charge in [-0.05, 0) is 19.0 Å². The molecule has 0 aliphatic carbocycles. The van der Waals surface area contributed by atoms with Gasteiger partial charge in [0.25, 0.3) is 5.91 Å². The van der Waals surface area contributed by atoms with E-state index < -0.39 is 0 Å². The first kappa shape index (κ1) is 10.7. The van der Waals surface area contributed by atoms with E-state index in [9.17, 15) is 4.79 Å². The largest absolute Gasteiger partial charge is 0.360 e. The lowest BCUT2D eigenvalue weighted by Crippen LogP contribution is -2.25. The third-order valence-electron chi connectivity index (χ3n) is 2.50. The number of para-hydroxylation sites is 1. The Morgan fingerprint density at radius 2 is 2.19 bits per heavy atom. The van der Waals surface area contributed by atoms with Crippen LogP contribution in [0.2, 0.25) is 0 Å². The van der Waals surface area contributed by atoms with E-state index in [0.717, 1.165) is 17.3 Å². The smallest absolute Gasteiger partial charge is 0.253 e. The number of nitrogens with one attached hydrogen (secondary N) is 2. The third kappa shape index (κ3) is 2.06. The molecule has 0 saturated heterocycles. The Bertz CT molecular complexity index is 490. The molecule has 16 heavy (non-hydrogen) atoms. The molecule has 4 heteroatoms. The summed E-state index contributed by atoms with van der Waals surface area (Å²) in [6, 6.07) is 7.75. The first-order chi connectivity index (χ1) is 7.83. The summed E-state index contributed by atoms with van der Waals surface area (Å²) in [5, 5.41) is 3.79. The number of hydrogen-bond acceptors (Lipinski definition) is 2. The molecule has 0 saturated carbocycles. The van der Waals surface area contributed by atoms with Crippen molar-refractivity contribution < 1.29 is 4.79 Å². The molecule has 0 spiro atoms. The van der Waals surface area contributed by atoms with Gasteiger partial charge in [-0.25, -0.2) is 0 Å². The highest BCUT2D eigenvalue weighted by Crippen LogP contribution is 2.17. The number of hydrogen-bond donors (Lipinski definition) is 3. The van der Waals surface area contributed by atoms with Gasteiger partial charge in [-0.2, -0.15) is 0 Å². The second-order valence-electron chi connectivity index (χ2n) is 3.65. The van der Waals surface area contributed by atoms with Crippen LogP contribution in [0, 0.1) is 0 Å². The van der Waals surface area contributed by atoms with Crippen LogP contribution in [-0.4, -0.2) is 24.0 Å². The predicted molar refractivity (Wildman–Crippen MR) is 64.3 cm³/mol. The molecule has 0 atom stereocenters. The number of aromatic amines is 1. The Labute approximate surface area is 93.8 Å². The van der Waals surface area contributed by atoms with E-state index in [-0.39, 0.29) is 5.91 Å². The van der Waals surface area contributed by atoms with Crippen LogP contribution in [0.5, 0.6) is 0 Å². The van der Waals surface area contributed by atoms with Gasteiger partial charge in [0.1, 0.15) is 0 Å². The van der Waals surface area contributed by atoms with E-state index in [4.69, 9.17) is 5.73 Å². The maximum atomic E-state index is 11.8. The number of benzene rings is 1. The third-order valence-corrected chi connectivity index (χ3v) is 2.50. The van der Waals surface area contributed by atoms with Crippen molar-refractivity contribution in [2.45, 2.75) is 6.42 Å². The standard InChI is InChI=1S/C12H15N3O/c13-6-3-7-14-12(16)10-8-15-11-5-2-1-4-9(10)11/h1-2,4-5,8,15H,3,6-7,13H2,(H,14,16). The van der Waals surface area contributed by atoms with Crippen LogP contribution in [0.3, 0.4) is 0 Å². The molecular weight excluding hydrogens is 202 g/mol. The Morgan fingerprint density at radius 3 is 3.00 bits per heavy atom. The number of aromatic nitrogens is 1. The SMILES string of the molecule is NCCCNC(=O)c1c[nH]c2ccccc12. The van der Waals surface area contributed by atoms with Crippen LogP contribution in [0.1, 0.15) is 16.8 Å². The Kier molecular flexibility index (Phi) is 3.22. The van der Waals surface area contributed by atoms with Crippen LogP contribution >= 0.6 is 0 Å². The minimum atomic E-state index is -0.0501. The molecule has 0 aliphatic rings.